The third kappa shape index (κ3) is 2.15. The van der Waals surface area contributed by atoms with E-state index in [-0.39, 0.29) is 5.41 Å². The first kappa shape index (κ1) is 12.0. The molecule has 0 N–H and O–H groups in total. The summed E-state index contributed by atoms with van der Waals surface area (Å²) in [5.74, 6) is -0.354. The Morgan fingerprint density at radius 2 is 1.76 bits per heavy atom. The van der Waals surface area contributed by atoms with E-state index in [0.717, 1.165) is 11.3 Å². The van der Waals surface area contributed by atoms with Crippen LogP contribution in [0.1, 0.15) is 26.3 Å². The number of allylic oxidation sites excluding steroid dienone is 1. The molecule has 17 heavy (non-hydrogen) atoms. The zero-order chi connectivity index (χ0) is 12.5. The molecule has 2 rings (SSSR count). The SMILES string of the molecule is COC1(c2ccccc2)OC=C(C(C)(C)C)O1. The van der Waals surface area contributed by atoms with Gasteiger partial charge in [0.1, 0.15) is 12.0 Å². The second-order valence-electron chi connectivity index (χ2n) is 5.08. The number of rotatable bonds is 2. The first-order valence-electron chi connectivity index (χ1n) is 5.66. The predicted molar refractivity (Wildman–Crippen MR) is 64.8 cm³/mol. The van der Waals surface area contributed by atoms with E-state index in [1.165, 1.54) is 0 Å². The number of benzene rings is 1. The average Bonchev–Trinajstić information content (AvgIpc) is 2.75. The smallest absolute Gasteiger partial charge is 0.400 e. The van der Waals surface area contributed by atoms with E-state index in [1.807, 2.05) is 30.3 Å². The zero-order valence-corrected chi connectivity index (χ0v) is 10.7. The molecule has 0 radical (unpaired) electrons. The average molecular weight is 234 g/mol. The van der Waals surface area contributed by atoms with Gasteiger partial charge in [0.15, 0.2) is 0 Å². The van der Waals surface area contributed by atoms with Crippen LogP contribution in [-0.2, 0) is 20.2 Å². The molecule has 0 saturated heterocycles. The number of hydrogen-bond acceptors (Lipinski definition) is 3. The van der Waals surface area contributed by atoms with Crippen LogP contribution in [0.25, 0.3) is 0 Å². The maximum absolute atomic E-state index is 5.87. The van der Waals surface area contributed by atoms with E-state index in [0.29, 0.717) is 0 Å². The Morgan fingerprint density at radius 1 is 1.12 bits per heavy atom. The van der Waals surface area contributed by atoms with Gasteiger partial charge in [0, 0.05) is 12.5 Å². The first-order chi connectivity index (χ1) is 7.98. The molecule has 1 atom stereocenters. The van der Waals surface area contributed by atoms with Crippen molar-refractivity contribution in [1.29, 1.82) is 0 Å². The van der Waals surface area contributed by atoms with Gasteiger partial charge in [-0.15, -0.1) is 0 Å². The van der Waals surface area contributed by atoms with Crippen molar-refractivity contribution in [2.75, 3.05) is 7.11 Å². The van der Waals surface area contributed by atoms with Crippen LogP contribution in [0.15, 0.2) is 42.4 Å². The van der Waals surface area contributed by atoms with Crippen molar-refractivity contribution in [3.8, 4) is 0 Å². The predicted octanol–water partition coefficient (Wildman–Crippen LogP) is 3.38. The highest BCUT2D eigenvalue weighted by molar-refractivity contribution is 5.21. The molecule has 0 fully saturated rings. The summed E-state index contributed by atoms with van der Waals surface area (Å²) in [6, 6.07) is 9.64. The van der Waals surface area contributed by atoms with Crippen molar-refractivity contribution in [2.45, 2.75) is 26.7 Å². The van der Waals surface area contributed by atoms with Crippen LogP contribution >= 0.6 is 0 Å². The van der Waals surface area contributed by atoms with E-state index < -0.39 is 5.97 Å². The number of hydrogen-bond donors (Lipinski definition) is 0. The van der Waals surface area contributed by atoms with Gasteiger partial charge in [-0.1, -0.05) is 39.0 Å². The fourth-order valence-electron chi connectivity index (χ4n) is 1.63. The Bertz CT molecular complexity index is 417. The molecule has 0 saturated carbocycles. The molecule has 3 nitrogen and oxygen atoms in total. The summed E-state index contributed by atoms with van der Waals surface area (Å²) in [6.07, 6.45) is 1.64. The standard InChI is InChI=1S/C14H18O3/c1-13(2,3)12-10-16-14(15-4,17-12)11-8-6-5-7-9-11/h5-10H,1-4H3. The van der Waals surface area contributed by atoms with Crippen molar-refractivity contribution < 1.29 is 14.2 Å². The van der Waals surface area contributed by atoms with Gasteiger partial charge in [0.25, 0.3) is 0 Å². The van der Waals surface area contributed by atoms with E-state index in [4.69, 9.17) is 14.2 Å². The van der Waals surface area contributed by atoms with Crippen LogP contribution < -0.4 is 0 Å². The minimum atomic E-state index is -1.14. The van der Waals surface area contributed by atoms with Crippen LogP contribution in [0.3, 0.4) is 0 Å². The molecule has 0 aliphatic carbocycles. The first-order valence-corrected chi connectivity index (χ1v) is 5.66. The molecule has 0 spiro atoms. The lowest BCUT2D eigenvalue weighted by Gasteiger charge is -2.28. The van der Waals surface area contributed by atoms with Gasteiger partial charge in [-0.05, 0) is 12.1 Å². The largest absolute Gasteiger partial charge is 0.431 e. The second kappa shape index (κ2) is 4.08. The second-order valence-corrected chi connectivity index (χ2v) is 5.08. The Morgan fingerprint density at radius 3 is 2.24 bits per heavy atom. The summed E-state index contributed by atoms with van der Waals surface area (Å²) in [6.45, 7) is 6.21. The van der Waals surface area contributed by atoms with Crippen LogP contribution in [-0.4, -0.2) is 7.11 Å². The Balaban J connectivity index is 2.28. The summed E-state index contributed by atoms with van der Waals surface area (Å²) >= 11 is 0. The molecule has 0 amide bonds. The highest BCUT2D eigenvalue weighted by Crippen LogP contribution is 2.42. The van der Waals surface area contributed by atoms with Crippen LogP contribution in [0.2, 0.25) is 0 Å². The molecule has 1 unspecified atom stereocenters. The summed E-state index contributed by atoms with van der Waals surface area (Å²) in [4.78, 5) is 0. The molecular weight excluding hydrogens is 216 g/mol. The van der Waals surface area contributed by atoms with E-state index in [2.05, 4.69) is 20.8 Å². The Labute approximate surface area is 102 Å². The molecule has 92 valence electrons. The van der Waals surface area contributed by atoms with Gasteiger partial charge in [0.05, 0.1) is 5.56 Å². The van der Waals surface area contributed by atoms with Crippen molar-refractivity contribution in [3.05, 3.63) is 47.9 Å². The number of ether oxygens (including phenoxy) is 3. The zero-order valence-electron chi connectivity index (χ0n) is 10.7. The monoisotopic (exact) mass is 234 g/mol. The van der Waals surface area contributed by atoms with Crippen LogP contribution in [0.5, 0.6) is 0 Å². The van der Waals surface area contributed by atoms with Gasteiger partial charge >= 0.3 is 5.97 Å². The lowest BCUT2D eigenvalue weighted by molar-refractivity contribution is -0.328. The normalized spacial score (nSPS) is 23.9. The van der Waals surface area contributed by atoms with Crippen molar-refractivity contribution >= 4 is 0 Å². The lowest BCUT2D eigenvalue weighted by atomic mass is 9.95. The van der Waals surface area contributed by atoms with Crippen molar-refractivity contribution in [2.24, 2.45) is 5.41 Å². The van der Waals surface area contributed by atoms with Crippen LogP contribution in [0, 0.1) is 5.41 Å². The Hall–Kier alpha value is -1.48. The summed E-state index contributed by atoms with van der Waals surface area (Å²) in [5.41, 5.74) is 0.743. The molecule has 1 heterocycles. The van der Waals surface area contributed by atoms with E-state index in [9.17, 15) is 0 Å². The highest BCUT2D eigenvalue weighted by atomic mass is 16.9. The number of methoxy groups -OCH3 is 1. The highest BCUT2D eigenvalue weighted by Gasteiger charge is 2.44. The van der Waals surface area contributed by atoms with Crippen molar-refractivity contribution in [1.82, 2.24) is 0 Å². The third-order valence-electron chi connectivity index (χ3n) is 2.70. The maximum Gasteiger partial charge on any atom is 0.400 e. The van der Waals surface area contributed by atoms with Crippen molar-refractivity contribution in [3.63, 3.8) is 0 Å². The fourth-order valence-corrected chi connectivity index (χ4v) is 1.63. The van der Waals surface area contributed by atoms with Gasteiger partial charge in [0.2, 0.25) is 0 Å². The Kier molecular flexibility index (Phi) is 2.87. The minimum Gasteiger partial charge on any atom is -0.431 e. The van der Waals surface area contributed by atoms with Crippen LogP contribution in [0.4, 0.5) is 0 Å². The summed E-state index contributed by atoms with van der Waals surface area (Å²) in [7, 11) is 1.58. The maximum atomic E-state index is 5.87. The van der Waals surface area contributed by atoms with Gasteiger partial charge in [-0.25, -0.2) is 0 Å². The van der Waals surface area contributed by atoms with E-state index >= 15 is 0 Å². The third-order valence-corrected chi connectivity index (χ3v) is 2.70. The van der Waals surface area contributed by atoms with Gasteiger partial charge in [-0.3, -0.25) is 0 Å². The van der Waals surface area contributed by atoms with Gasteiger partial charge < -0.3 is 14.2 Å². The molecule has 0 bridgehead atoms. The quantitative estimate of drug-likeness (QED) is 0.785. The fraction of sp³-hybridized carbons (Fsp3) is 0.429. The molecular formula is C14H18O3. The lowest BCUT2D eigenvalue weighted by Crippen LogP contribution is -2.31. The molecule has 0 aromatic heterocycles. The minimum absolute atomic E-state index is 0.102. The molecule has 1 aromatic rings. The molecule has 3 heteroatoms. The summed E-state index contributed by atoms with van der Waals surface area (Å²) in [5, 5.41) is 0. The topological polar surface area (TPSA) is 27.7 Å². The summed E-state index contributed by atoms with van der Waals surface area (Å²) < 4.78 is 16.9. The van der Waals surface area contributed by atoms with E-state index in [1.54, 1.807) is 13.4 Å². The molecule has 1 aliphatic rings. The molecule has 1 aromatic carbocycles. The molecule has 1 aliphatic heterocycles. The van der Waals surface area contributed by atoms with Gasteiger partial charge in [-0.2, -0.15) is 0 Å².